The van der Waals surface area contributed by atoms with E-state index < -0.39 is 0 Å². The van der Waals surface area contributed by atoms with Crippen LogP contribution in [0.3, 0.4) is 0 Å². The van der Waals surface area contributed by atoms with Crippen LogP contribution in [0.1, 0.15) is 51.0 Å². The molecule has 0 saturated heterocycles. The van der Waals surface area contributed by atoms with Gasteiger partial charge in [-0.05, 0) is 47.6 Å². The van der Waals surface area contributed by atoms with Crippen LogP contribution in [-0.4, -0.2) is 6.04 Å². The minimum Gasteiger partial charge on any atom is -0.310 e. The Hall–Kier alpha value is -0.340. The van der Waals surface area contributed by atoms with Gasteiger partial charge in [-0.15, -0.1) is 0 Å². The first-order valence-electron chi connectivity index (χ1n) is 6.63. The van der Waals surface area contributed by atoms with Crippen LogP contribution >= 0.6 is 11.3 Å². The van der Waals surface area contributed by atoms with Gasteiger partial charge in [0.1, 0.15) is 0 Å². The van der Waals surface area contributed by atoms with E-state index in [1.54, 1.807) is 11.3 Å². The molecule has 0 amide bonds. The van der Waals surface area contributed by atoms with Crippen molar-refractivity contribution in [3.05, 3.63) is 22.4 Å². The van der Waals surface area contributed by atoms with E-state index in [1.165, 1.54) is 44.1 Å². The Kier molecular flexibility index (Phi) is 4.86. The topological polar surface area (TPSA) is 12.0 Å². The van der Waals surface area contributed by atoms with Crippen molar-refractivity contribution in [2.24, 2.45) is 5.92 Å². The summed E-state index contributed by atoms with van der Waals surface area (Å²) in [4.78, 5) is 0. The molecule has 1 aromatic rings. The van der Waals surface area contributed by atoms with Crippen LogP contribution < -0.4 is 5.32 Å². The maximum Gasteiger partial charge on any atom is 0.0216 e. The summed E-state index contributed by atoms with van der Waals surface area (Å²) in [5.41, 5.74) is 1.45. The van der Waals surface area contributed by atoms with Crippen molar-refractivity contribution in [1.29, 1.82) is 0 Å². The van der Waals surface area contributed by atoms with Crippen molar-refractivity contribution in [1.82, 2.24) is 5.32 Å². The average Bonchev–Trinajstić information content (AvgIpc) is 2.72. The molecule has 1 aromatic heterocycles. The molecule has 1 heterocycles. The second-order valence-electron chi connectivity index (χ2n) is 4.99. The Morgan fingerprint density at radius 1 is 1.31 bits per heavy atom. The molecule has 1 fully saturated rings. The molecular formula is C14H23NS. The summed E-state index contributed by atoms with van der Waals surface area (Å²) >= 11 is 1.79. The van der Waals surface area contributed by atoms with Gasteiger partial charge in [-0.25, -0.2) is 0 Å². The number of nitrogens with one attached hydrogen (secondary N) is 1. The molecular weight excluding hydrogens is 214 g/mol. The summed E-state index contributed by atoms with van der Waals surface area (Å²) in [6, 6.07) is 2.99. The SMILES string of the molecule is CCC1CCCC(NCc2ccsc2)CC1. The molecule has 0 aliphatic heterocycles. The standard InChI is InChI=1S/C14H23NS/c1-2-12-4-3-5-14(7-6-12)15-10-13-8-9-16-11-13/h8-9,11-12,14-15H,2-7,10H2,1H3. The third-order valence-corrected chi connectivity index (χ3v) is 4.57. The van der Waals surface area contributed by atoms with Crippen molar-refractivity contribution >= 4 is 11.3 Å². The van der Waals surface area contributed by atoms with Gasteiger partial charge in [0.05, 0.1) is 0 Å². The maximum absolute atomic E-state index is 3.72. The van der Waals surface area contributed by atoms with Crippen molar-refractivity contribution < 1.29 is 0 Å². The Balaban J connectivity index is 1.73. The van der Waals surface area contributed by atoms with Gasteiger partial charge in [0, 0.05) is 12.6 Å². The van der Waals surface area contributed by atoms with Gasteiger partial charge >= 0.3 is 0 Å². The number of hydrogen-bond donors (Lipinski definition) is 1. The highest BCUT2D eigenvalue weighted by Crippen LogP contribution is 2.25. The smallest absolute Gasteiger partial charge is 0.0216 e. The maximum atomic E-state index is 3.72. The van der Waals surface area contributed by atoms with E-state index in [-0.39, 0.29) is 0 Å². The highest BCUT2D eigenvalue weighted by Gasteiger charge is 2.17. The summed E-state index contributed by atoms with van der Waals surface area (Å²) < 4.78 is 0. The fraction of sp³-hybridized carbons (Fsp3) is 0.714. The van der Waals surface area contributed by atoms with Gasteiger partial charge in [-0.3, -0.25) is 0 Å². The first-order valence-corrected chi connectivity index (χ1v) is 7.57. The first-order chi connectivity index (χ1) is 7.88. The van der Waals surface area contributed by atoms with Crippen LogP contribution in [0.15, 0.2) is 16.8 Å². The predicted octanol–water partition coefficient (Wildman–Crippen LogP) is 4.20. The van der Waals surface area contributed by atoms with Gasteiger partial charge in [0.15, 0.2) is 0 Å². The summed E-state index contributed by atoms with van der Waals surface area (Å²) in [7, 11) is 0. The number of rotatable bonds is 4. The molecule has 16 heavy (non-hydrogen) atoms. The van der Waals surface area contributed by atoms with E-state index in [2.05, 4.69) is 29.1 Å². The van der Waals surface area contributed by atoms with Crippen LogP contribution in [0.2, 0.25) is 0 Å². The van der Waals surface area contributed by atoms with E-state index in [0.29, 0.717) is 0 Å². The molecule has 2 unspecified atom stereocenters. The zero-order valence-electron chi connectivity index (χ0n) is 10.2. The third-order valence-electron chi connectivity index (χ3n) is 3.84. The summed E-state index contributed by atoms with van der Waals surface area (Å²) in [5, 5.41) is 8.13. The molecule has 90 valence electrons. The monoisotopic (exact) mass is 237 g/mol. The predicted molar refractivity (Wildman–Crippen MR) is 71.8 cm³/mol. The minimum atomic E-state index is 0.761. The van der Waals surface area contributed by atoms with Crippen molar-refractivity contribution in [2.75, 3.05) is 0 Å². The number of hydrogen-bond acceptors (Lipinski definition) is 2. The lowest BCUT2D eigenvalue weighted by Gasteiger charge is -2.16. The molecule has 0 bridgehead atoms. The Morgan fingerprint density at radius 2 is 2.25 bits per heavy atom. The van der Waals surface area contributed by atoms with Gasteiger partial charge in [-0.1, -0.05) is 26.2 Å². The first kappa shape index (κ1) is 12.1. The van der Waals surface area contributed by atoms with Crippen LogP contribution in [0, 0.1) is 5.92 Å². The Morgan fingerprint density at radius 3 is 3.00 bits per heavy atom. The molecule has 0 spiro atoms. The molecule has 1 N–H and O–H groups in total. The zero-order valence-corrected chi connectivity index (χ0v) is 11.1. The Labute approximate surface area is 103 Å². The molecule has 2 atom stereocenters. The molecule has 1 nitrogen and oxygen atoms in total. The van der Waals surface area contributed by atoms with Crippen molar-refractivity contribution in [3.8, 4) is 0 Å². The second kappa shape index (κ2) is 6.41. The van der Waals surface area contributed by atoms with Crippen LogP contribution in [-0.2, 0) is 6.54 Å². The quantitative estimate of drug-likeness (QED) is 0.774. The highest BCUT2D eigenvalue weighted by molar-refractivity contribution is 7.07. The van der Waals surface area contributed by atoms with E-state index in [1.807, 2.05) is 0 Å². The van der Waals surface area contributed by atoms with Crippen LogP contribution in [0.25, 0.3) is 0 Å². The lowest BCUT2D eigenvalue weighted by Crippen LogP contribution is -2.27. The van der Waals surface area contributed by atoms with E-state index >= 15 is 0 Å². The van der Waals surface area contributed by atoms with Gasteiger partial charge in [0.2, 0.25) is 0 Å². The number of thiophene rings is 1. The third kappa shape index (κ3) is 3.60. The van der Waals surface area contributed by atoms with Crippen LogP contribution in [0.5, 0.6) is 0 Å². The molecule has 2 heteroatoms. The minimum absolute atomic E-state index is 0.761. The van der Waals surface area contributed by atoms with E-state index in [4.69, 9.17) is 0 Å². The van der Waals surface area contributed by atoms with Crippen LogP contribution in [0.4, 0.5) is 0 Å². The van der Waals surface area contributed by atoms with Gasteiger partial charge in [0.25, 0.3) is 0 Å². The fourth-order valence-electron chi connectivity index (χ4n) is 2.65. The molecule has 0 radical (unpaired) electrons. The van der Waals surface area contributed by atoms with Gasteiger partial charge in [-0.2, -0.15) is 11.3 Å². The fourth-order valence-corrected chi connectivity index (χ4v) is 3.31. The molecule has 1 saturated carbocycles. The normalized spacial score (nSPS) is 26.6. The van der Waals surface area contributed by atoms with Crippen molar-refractivity contribution in [2.45, 2.75) is 58.0 Å². The summed E-state index contributed by atoms with van der Waals surface area (Å²) in [5.74, 6) is 0.993. The molecule has 2 rings (SSSR count). The lowest BCUT2D eigenvalue weighted by atomic mass is 9.98. The highest BCUT2D eigenvalue weighted by atomic mass is 32.1. The van der Waals surface area contributed by atoms with Gasteiger partial charge < -0.3 is 5.32 Å². The summed E-state index contributed by atoms with van der Waals surface area (Å²) in [6.07, 6.45) is 8.42. The average molecular weight is 237 g/mol. The lowest BCUT2D eigenvalue weighted by molar-refractivity contribution is 0.425. The van der Waals surface area contributed by atoms with Crippen molar-refractivity contribution in [3.63, 3.8) is 0 Å². The van der Waals surface area contributed by atoms with E-state index in [9.17, 15) is 0 Å². The summed E-state index contributed by atoms with van der Waals surface area (Å²) in [6.45, 7) is 3.40. The Bertz CT molecular complexity index is 281. The molecule has 1 aliphatic rings. The largest absolute Gasteiger partial charge is 0.310 e. The molecule has 0 aromatic carbocycles. The zero-order chi connectivity index (χ0) is 11.2. The second-order valence-corrected chi connectivity index (χ2v) is 5.77. The van der Waals surface area contributed by atoms with E-state index in [0.717, 1.165) is 18.5 Å². The molecule has 1 aliphatic carbocycles.